The minimum absolute atomic E-state index is 0.0700. The molecule has 162 valence electrons. The second kappa shape index (κ2) is 10.9. The van der Waals surface area contributed by atoms with E-state index in [0.29, 0.717) is 22.6 Å². The highest BCUT2D eigenvalue weighted by Gasteiger charge is 2.25. The van der Waals surface area contributed by atoms with Crippen molar-refractivity contribution in [1.82, 2.24) is 0 Å². The average Bonchev–Trinajstić information content (AvgIpc) is 2.78. The molecule has 0 heterocycles. The molecule has 2 atom stereocenters. The molecule has 0 aromatic heterocycles. The highest BCUT2D eigenvalue weighted by Crippen LogP contribution is 2.27. The van der Waals surface area contributed by atoms with Gasteiger partial charge >= 0.3 is 5.97 Å². The highest BCUT2D eigenvalue weighted by atomic mass is 19.1. The molecule has 0 bridgehead atoms. The molecule has 0 fully saturated rings. The summed E-state index contributed by atoms with van der Waals surface area (Å²) in [4.78, 5) is 12.9. The topological polar surface area (TPSA) is 59.3 Å². The van der Waals surface area contributed by atoms with Gasteiger partial charge in [0, 0.05) is 5.56 Å². The van der Waals surface area contributed by atoms with Gasteiger partial charge in [0.15, 0.2) is 0 Å². The molecule has 5 heteroatoms. The molecule has 0 aliphatic rings. The molecule has 3 aromatic rings. The number of nitrogens with zero attached hydrogens (tertiary/aromatic N) is 1. The molecular weight excluding hydrogens is 405 g/mol. The Labute approximate surface area is 187 Å². The molecule has 3 rings (SSSR count). The number of halogens is 1. The van der Waals surface area contributed by atoms with E-state index in [2.05, 4.69) is 0 Å². The van der Waals surface area contributed by atoms with E-state index in [1.165, 1.54) is 12.1 Å². The zero-order chi connectivity index (χ0) is 22.9. The van der Waals surface area contributed by atoms with Gasteiger partial charge in [0.05, 0.1) is 5.92 Å². The van der Waals surface area contributed by atoms with Crippen LogP contribution in [0, 0.1) is 29.0 Å². The number of hydrogen-bond donors (Lipinski definition) is 0. The molecule has 3 aromatic carbocycles. The number of ether oxygens (including phenoxy) is 2. The Morgan fingerprint density at radius 3 is 2.38 bits per heavy atom. The average molecular weight is 429 g/mol. The zero-order valence-corrected chi connectivity index (χ0v) is 17.9. The lowest BCUT2D eigenvalue weighted by molar-refractivity contribution is -0.151. The molecule has 0 aliphatic heterocycles. The van der Waals surface area contributed by atoms with Crippen molar-refractivity contribution in [2.24, 2.45) is 11.8 Å². The van der Waals surface area contributed by atoms with Crippen LogP contribution in [0.4, 0.5) is 4.39 Å². The van der Waals surface area contributed by atoms with Crippen LogP contribution in [-0.4, -0.2) is 5.97 Å². The number of rotatable bonds is 8. The number of benzene rings is 3. The number of carbonyl (C=O) groups is 1. The van der Waals surface area contributed by atoms with Gasteiger partial charge in [-0.05, 0) is 47.9 Å². The fraction of sp³-hybridized carbons (Fsp3) is 0.185. The SMILES string of the molecule is CC(C)C(/C=C/c1cccc(F)c1)C(=O)OC(C#N)c1cccc(Oc2ccccc2)c1. The summed E-state index contributed by atoms with van der Waals surface area (Å²) in [5.41, 5.74) is 1.16. The Balaban J connectivity index is 1.74. The fourth-order valence-corrected chi connectivity index (χ4v) is 3.13. The Bertz CT molecular complexity index is 1120. The van der Waals surface area contributed by atoms with Gasteiger partial charge in [-0.15, -0.1) is 0 Å². The van der Waals surface area contributed by atoms with Crippen molar-refractivity contribution in [3.8, 4) is 17.6 Å². The van der Waals surface area contributed by atoms with E-state index < -0.39 is 18.0 Å². The molecule has 0 saturated heterocycles. The quantitative estimate of drug-likeness (QED) is 0.373. The summed E-state index contributed by atoms with van der Waals surface area (Å²) in [5.74, 6) is -0.322. The lowest BCUT2D eigenvalue weighted by atomic mass is 9.94. The van der Waals surface area contributed by atoms with Crippen LogP contribution in [0.15, 0.2) is 84.9 Å². The van der Waals surface area contributed by atoms with Crippen LogP contribution in [0.25, 0.3) is 6.08 Å². The van der Waals surface area contributed by atoms with E-state index in [0.717, 1.165) is 0 Å². The molecular formula is C27H24FNO3. The summed E-state index contributed by atoms with van der Waals surface area (Å²) in [6.45, 7) is 3.77. The Morgan fingerprint density at radius 1 is 0.969 bits per heavy atom. The van der Waals surface area contributed by atoms with Gasteiger partial charge in [0.2, 0.25) is 6.10 Å². The van der Waals surface area contributed by atoms with Gasteiger partial charge in [-0.3, -0.25) is 4.79 Å². The van der Waals surface area contributed by atoms with Gasteiger partial charge in [-0.1, -0.05) is 68.5 Å². The number of para-hydroxylation sites is 1. The Hall–Kier alpha value is -3.91. The van der Waals surface area contributed by atoms with Crippen LogP contribution >= 0.6 is 0 Å². The molecule has 32 heavy (non-hydrogen) atoms. The van der Waals surface area contributed by atoms with Crippen LogP contribution in [0.1, 0.15) is 31.1 Å². The van der Waals surface area contributed by atoms with Gasteiger partial charge < -0.3 is 9.47 Å². The number of esters is 1. The molecule has 0 aliphatic carbocycles. The van der Waals surface area contributed by atoms with E-state index in [-0.39, 0.29) is 11.7 Å². The van der Waals surface area contributed by atoms with Crippen molar-refractivity contribution < 1.29 is 18.7 Å². The Kier molecular flexibility index (Phi) is 7.77. The second-order valence-corrected chi connectivity index (χ2v) is 7.62. The normalized spacial score (nSPS) is 12.8. The largest absolute Gasteiger partial charge is 0.457 e. The lowest BCUT2D eigenvalue weighted by Crippen LogP contribution is -2.22. The van der Waals surface area contributed by atoms with E-state index in [1.54, 1.807) is 48.6 Å². The van der Waals surface area contributed by atoms with Crippen molar-refractivity contribution in [1.29, 1.82) is 5.26 Å². The smallest absolute Gasteiger partial charge is 0.314 e. The first kappa shape index (κ1) is 22.8. The van der Waals surface area contributed by atoms with Crippen molar-refractivity contribution in [2.45, 2.75) is 20.0 Å². The van der Waals surface area contributed by atoms with Crippen LogP contribution < -0.4 is 4.74 Å². The third-order valence-electron chi connectivity index (χ3n) is 4.83. The van der Waals surface area contributed by atoms with E-state index >= 15 is 0 Å². The summed E-state index contributed by atoms with van der Waals surface area (Å²) in [5, 5.41) is 9.64. The van der Waals surface area contributed by atoms with Crippen molar-refractivity contribution in [2.75, 3.05) is 0 Å². The first-order valence-corrected chi connectivity index (χ1v) is 10.3. The van der Waals surface area contributed by atoms with Crippen molar-refractivity contribution >= 4 is 12.0 Å². The first-order valence-electron chi connectivity index (χ1n) is 10.3. The fourth-order valence-electron chi connectivity index (χ4n) is 3.13. The van der Waals surface area contributed by atoms with Crippen LogP contribution in [-0.2, 0) is 9.53 Å². The minimum atomic E-state index is -1.08. The predicted octanol–water partition coefficient (Wildman–Crippen LogP) is 6.71. The standard InChI is InChI=1S/C27H24FNO3/c1-19(2)25(15-14-20-8-6-10-22(28)16-20)27(30)32-26(18-29)21-9-7-13-24(17-21)31-23-11-4-3-5-12-23/h3-17,19,25-26H,1-2H3/b15-14+. The summed E-state index contributed by atoms with van der Waals surface area (Å²) in [6, 6.07) is 24.3. The second-order valence-electron chi connectivity index (χ2n) is 7.62. The summed E-state index contributed by atoms with van der Waals surface area (Å²) in [6.07, 6.45) is 2.29. The molecule has 0 saturated carbocycles. The summed E-state index contributed by atoms with van der Waals surface area (Å²) < 4.78 is 24.8. The van der Waals surface area contributed by atoms with E-state index in [4.69, 9.17) is 9.47 Å². The van der Waals surface area contributed by atoms with E-state index in [1.807, 2.05) is 50.2 Å². The number of nitriles is 1. The molecule has 0 amide bonds. The van der Waals surface area contributed by atoms with Crippen molar-refractivity contribution in [3.63, 3.8) is 0 Å². The molecule has 0 radical (unpaired) electrons. The maximum atomic E-state index is 13.4. The lowest BCUT2D eigenvalue weighted by Gasteiger charge is -2.19. The molecule has 4 nitrogen and oxygen atoms in total. The predicted molar refractivity (Wildman–Crippen MR) is 121 cm³/mol. The van der Waals surface area contributed by atoms with Crippen LogP contribution in [0.3, 0.4) is 0 Å². The maximum absolute atomic E-state index is 13.4. The van der Waals surface area contributed by atoms with Crippen LogP contribution in [0.5, 0.6) is 11.5 Å². The summed E-state index contributed by atoms with van der Waals surface area (Å²) >= 11 is 0. The third-order valence-corrected chi connectivity index (χ3v) is 4.83. The maximum Gasteiger partial charge on any atom is 0.314 e. The monoisotopic (exact) mass is 429 g/mol. The zero-order valence-electron chi connectivity index (χ0n) is 17.9. The minimum Gasteiger partial charge on any atom is -0.457 e. The molecule has 0 N–H and O–H groups in total. The first-order chi connectivity index (χ1) is 15.5. The highest BCUT2D eigenvalue weighted by molar-refractivity contribution is 5.76. The summed E-state index contributed by atoms with van der Waals surface area (Å²) in [7, 11) is 0. The van der Waals surface area contributed by atoms with Gasteiger partial charge in [0.1, 0.15) is 23.4 Å². The van der Waals surface area contributed by atoms with Crippen LogP contribution in [0.2, 0.25) is 0 Å². The van der Waals surface area contributed by atoms with E-state index in [9.17, 15) is 14.4 Å². The van der Waals surface area contributed by atoms with Gasteiger partial charge in [-0.2, -0.15) is 5.26 Å². The van der Waals surface area contributed by atoms with Gasteiger partial charge in [0.25, 0.3) is 0 Å². The number of hydrogen-bond acceptors (Lipinski definition) is 4. The Morgan fingerprint density at radius 2 is 1.69 bits per heavy atom. The molecule has 0 spiro atoms. The third kappa shape index (κ3) is 6.29. The van der Waals surface area contributed by atoms with Gasteiger partial charge in [-0.25, -0.2) is 4.39 Å². The molecule has 2 unspecified atom stereocenters. The number of carbonyl (C=O) groups excluding carboxylic acids is 1. The van der Waals surface area contributed by atoms with Crippen molar-refractivity contribution in [3.05, 3.63) is 102 Å².